The Hall–Kier alpha value is -3.07. The van der Waals surface area contributed by atoms with Crippen LogP contribution in [0.5, 0.6) is 5.75 Å². The van der Waals surface area contributed by atoms with Crippen LogP contribution in [0.2, 0.25) is 10.0 Å². The van der Waals surface area contributed by atoms with Gasteiger partial charge in [-0.25, -0.2) is 4.90 Å². The molecule has 1 aliphatic rings. The molecular weight excluding hydrogens is 499 g/mol. The summed E-state index contributed by atoms with van der Waals surface area (Å²) in [5, 5.41) is 4.13. The number of thioether (sulfide) groups is 1. The molecule has 3 amide bonds. The van der Waals surface area contributed by atoms with Crippen LogP contribution in [0.3, 0.4) is 0 Å². The van der Waals surface area contributed by atoms with E-state index in [2.05, 4.69) is 5.32 Å². The number of halogens is 2. The van der Waals surface area contributed by atoms with Crippen molar-refractivity contribution >= 4 is 80.8 Å². The van der Waals surface area contributed by atoms with E-state index in [9.17, 15) is 19.2 Å². The van der Waals surface area contributed by atoms with Gasteiger partial charge in [-0.15, -0.1) is 11.8 Å². The van der Waals surface area contributed by atoms with E-state index in [1.54, 1.807) is 0 Å². The quantitative estimate of drug-likeness (QED) is 0.279. The summed E-state index contributed by atoms with van der Waals surface area (Å²) in [5.41, 5.74) is 0.821. The maximum absolute atomic E-state index is 12.9. The molecule has 10 heteroatoms. The number of fused-ring (bicyclic) bond motifs is 1. The molecule has 1 atom stereocenters. The second-order valence-electron chi connectivity index (χ2n) is 7.51. The van der Waals surface area contributed by atoms with Gasteiger partial charge in [-0.2, -0.15) is 0 Å². The SMILES string of the molecule is CC(=O)Oc1c(Cl)cc(N2C(=O)CC(SCC(=O)Nc3ccc4ccccc4c3)C2=O)cc1Cl. The number of amides is 3. The van der Waals surface area contributed by atoms with Gasteiger partial charge in [-0.1, -0.05) is 53.5 Å². The van der Waals surface area contributed by atoms with E-state index in [-0.39, 0.29) is 39.6 Å². The molecule has 1 heterocycles. The minimum Gasteiger partial charge on any atom is -0.424 e. The number of carbonyl (C=O) groups is 4. The van der Waals surface area contributed by atoms with E-state index < -0.39 is 23.0 Å². The van der Waals surface area contributed by atoms with Crippen LogP contribution in [-0.4, -0.2) is 34.7 Å². The van der Waals surface area contributed by atoms with E-state index in [1.165, 1.54) is 19.1 Å². The molecule has 3 aromatic rings. The molecule has 1 N–H and O–H groups in total. The van der Waals surface area contributed by atoms with Crippen LogP contribution >= 0.6 is 35.0 Å². The predicted molar refractivity (Wildman–Crippen MR) is 134 cm³/mol. The lowest BCUT2D eigenvalue weighted by Crippen LogP contribution is -2.31. The molecule has 1 unspecified atom stereocenters. The molecule has 1 fully saturated rings. The summed E-state index contributed by atoms with van der Waals surface area (Å²) in [6.45, 7) is 1.20. The van der Waals surface area contributed by atoms with Gasteiger partial charge < -0.3 is 10.1 Å². The van der Waals surface area contributed by atoms with Crippen LogP contribution in [0.1, 0.15) is 13.3 Å². The summed E-state index contributed by atoms with van der Waals surface area (Å²) >= 11 is 13.4. The van der Waals surface area contributed by atoms with Crippen molar-refractivity contribution in [3.8, 4) is 5.75 Å². The van der Waals surface area contributed by atoms with E-state index in [1.807, 2.05) is 42.5 Å². The maximum atomic E-state index is 12.9. The maximum Gasteiger partial charge on any atom is 0.308 e. The Morgan fingerprint density at radius 2 is 1.74 bits per heavy atom. The first-order valence-electron chi connectivity index (χ1n) is 10.2. The van der Waals surface area contributed by atoms with Crippen molar-refractivity contribution < 1.29 is 23.9 Å². The summed E-state index contributed by atoms with van der Waals surface area (Å²) in [5.74, 6) is -1.85. The van der Waals surface area contributed by atoms with Crippen LogP contribution < -0.4 is 15.0 Å². The molecule has 0 aromatic heterocycles. The topological polar surface area (TPSA) is 92.8 Å². The number of rotatable bonds is 6. The van der Waals surface area contributed by atoms with Gasteiger partial charge in [0.25, 0.3) is 0 Å². The lowest BCUT2D eigenvalue weighted by Gasteiger charge is -2.17. The fourth-order valence-corrected chi connectivity index (χ4v) is 5.05. The number of hydrogen-bond acceptors (Lipinski definition) is 6. The van der Waals surface area contributed by atoms with Crippen LogP contribution in [0, 0.1) is 0 Å². The van der Waals surface area contributed by atoms with Crippen LogP contribution in [0.25, 0.3) is 10.8 Å². The highest BCUT2D eigenvalue weighted by Crippen LogP contribution is 2.39. The first-order valence-corrected chi connectivity index (χ1v) is 12.0. The fraction of sp³-hybridized carbons (Fsp3) is 0.167. The molecule has 1 aliphatic heterocycles. The summed E-state index contributed by atoms with van der Waals surface area (Å²) < 4.78 is 4.97. The molecule has 3 aromatic carbocycles. The van der Waals surface area contributed by atoms with E-state index in [0.717, 1.165) is 27.4 Å². The predicted octanol–water partition coefficient (Wildman–Crippen LogP) is 5.08. The van der Waals surface area contributed by atoms with Gasteiger partial charge in [-0.3, -0.25) is 19.2 Å². The van der Waals surface area contributed by atoms with Crippen molar-refractivity contribution in [3.05, 3.63) is 64.6 Å². The number of imide groups is 1. The van der Waals surface area contributed by atoms with Gasteiger partial charge >= 0.3 is 5.97 Å². The van der Waals surface area contributed by atoms with Crippen molar-refractivity contribution in [1.82, 2.24) is 0 Å². The van der Waals surface area contributed by atoms with Gasteiger partial charge in [-0.05, 0) is 35.0 Å². The van der Waals surface area contributed by atoms with Crippen molar-refractivity contribution in [2.24, 2.45) is 0 Å². The zero-order valence-electron chi connectivity index (χ0n) is 17.8. The van der Waals surface area contributed by atoms with Crippen LogP contribution in [-0.2, 0) is 19.2 Å². The Labute approximate surface area is 209 Å². The molecule has 34 heavy (non-hydrogen) atoms. The number of ether oxygens (including phenoxy) is 1. The standard InChI is InChI=1S/C24H18Cl2N2O5S/c1-13(29)33-23-18(25)9-17(10-19(23)26)28-22(31)11-20(24(28)32)34-12-21(30)27-16-7-6-14-4-2-3-5-15(14)8-16/h2-10,20H,11-12H2,1H3,(H,27,30). The van der Waals surface area contributed by atoms with Gasteiger partial charge in [0, 0.05) is 19.0 Å². The zero-order chi connectivity index (χ0) is 24.4. The Bertz CT molecular complexity index is 1310. The highest BCUT2D eigenvalue weighted by molar-refractivity contribution is 8.01. The van der Waals surface area contributed by atoms with Crippen molar-refractivity contribution in [1.29, 1.82) is 0 Å². The Morgan fingerprint density at radius 3 is 2.41 bits per heavy atom. The third-order valence-electron chi connectivity index (χ3n) is 5.04. The second kappa shape index (κ2) is 10.0. The number of nitrogens with one attached hydrogen (secondary N) is 1. The third-order valence-corrected chi connectivity index (χ3v) is 6.80. The highest BCUT2D eigenvalue weighted by Gasteiger charge is 2.40. The summed E-state index contributed by atoms with van der Waals surface area (Å²) in [4.78, 5) is 50.1. The lowest BCUT2D eigenvalue weighted by atomic mass is 10.1. The van der Waals surface area contributed by atoms with Crippen LogP contribution in [0.4, 0.5) is 11.4 Å². The van der Waals surface area contributed by atoms with E-state index in [0.29, 0.717) is 5.69 Å². The minimum absolute atomic E-state index is 0.00272. The molecular formula is C24H18Cl2N2O5S. The largest absolute Gasteiger partial charge is 0.424 e. The summed E-state index contributed by atoms with van der Waals surface area (Å²) in [7, 11) is 0. The van der Waals surface area contributed by atoms with Crippen molar-refractivity contribution in [2.75, 3.05) is 16.0 Å². The number of benzene rings is 3. The Kier molecular flexibility index (Phi) is 7.11. The van der Waals surface area contributed by atoms with Crippen molar-refractivity contribution in [3.63, 3.8) is 0 Å². The smallest absolute Gasteiger partial charge is 0.308 e. The van der Waals surface area contributed by atoms with Crippen LogP contribution in [0.15, 0.2) is 54.6 Å². The van der Waals surface area contributed by atoms with E-state index >= 15 is 0 Å². The number of hydrogen-bond donors (Lipinski definition) is 1. The number of nitrogens with zero attached hydrogens (tertiary/aromatic N) is 1. The lowest BCUT2D eigenvalue weighted by molar-refractivity contribution is -0.132. The molecule has 0 radical (unpaired) electrons. The summed E-state index contributed by atoms with van der Waals surface area (Å²) in [6, 6.07) is 16.1. The molecule has 4 rings (SSSR count). The number of carbonyl (C=O) groups excluding carboxylic acids is 4. The molecule has 0 spiro atoms. The molecule has 0 bridgehead atoms. The fourth-order valence-electron chi connectivity index (χ4n) is 3.56. The molecule has 1 saturated heterocycles. The second-order valence-corrected chi connectivity index (χ2v) is 9.52. The molecule has 0 aliphatic carbocycles. The minimum atomic E-state index is -0.722. The van der Waals surface area contributed by atoms with Gasteiger partial charge in [0.2, 0.25) is 17.7 Å². The van der Waals surface area contributed by atoms with Crippen molar-refractivity contribution in [2.45, 2.75) is 18.6 Å². The monoisotopic (exact) mass is 516 g/mol. The van der Waals surface area contributed by atoms with Gasteiger partial charge in [0.05, 0.1) is 26.7 Å². The highest BCUT2D eigenvalue weighted by atomic mass is 35.5. The average molecular weight is 517 g/mol. The van der Waals surface area contributed by atoms with E-state index in [4.69, 9.17) is 27.9 Å². The van der Waals surface area contributed by atoms with Gasteiger partial charge in [0.15, 0.2) is 5.75 Å². The number of anilines is 2. The average Bonchev–Trinajstić information content (AvgIpc) is 3.07. The molecule has 7 nitrogen and oxygen atoms in total. The number of esters is 1. The van der Waals surface area contributed by atoms with Gasteiger partial charge in [0.1, 0.15) is 0 Å². The Morgan fingerprint density at radius 1 is 1.06 bits per heavy atom. The zero-order valence-corrected chi connectivity index (χ0v) is 20.2. The first kappa shape index (κ1) is 24.1. The summed E-state index contributed by atoms with van der Waals surface area (Å²) in [6.07, 6.45) is -0.0618. The first-order chi connectivity index (χ1) is 16.2. The molecule has 0 saturated carbocycles. The third kappa shape index (κ3) is 5.19. The normalized spacial score (nSPS) is 15.6. The Balaban J connectivity index is 1.40. The molecule has 174 valence electrons.